The summed E-state index contributed by atoms with van der Waals surface area (Å²) in [5.74, 6) is 0.226. The van der Waals surface area contributed by atoms with Gasteiger partial charge in [0.25, 0.3) is 0 Å². The van der Waals surface area contributed by atoms with Gasteiger partial charge in [-0.15, -0.1) is 0 Å². The van der Waals surface area contributed by atoms with Crippen molar-refractivity contribution in [2.24, 2.45) is 0 Å². The van der Waals surface area contributed by atoms with E-state index >= 15 is 0 Å². The van der Waals surface area contributed by atoms with E-state index in [1.54, 1.807) is 0 Å². The van der Waals surface area contributed by atoms with Gasteiger partial charge in [-0.2, -0.15) is 0 Å². The molecule has 1 saturated heterocycles. The van der Waals surface area contributed by atoms with Crippen LogP contribution in [0.15, 0.2) is 0 Å². The van der Waals surface area contributed by atoms with Crippen LogP contribution in [-0.2, 0) is 9.53 Å². The molecule has 0 aromatic carbocycles. The SMILES string of the molecule is COCNC(=O)NCCCN1CCCC1=O. The number of rotatable bonds is 6. The van der Waals surface area contributed by atoms with Crippen molar-refractivity contribution in [3.8, 4) is 0 Å². The van der Waals surface area contributed by atoms with Crippen molar-refractivity contribution in [3.05, 3.63) is 0 Å². The summed E-state index contributed by atoms with van der Waals surface area (Å²) < 4.78 is 4.69. The summed E-state index contributed by atoms with van der Waals surface area (Å²) in [6.07, 6.45) is 2.41. The summed E-state index contributed by atoms with van der Waals surface area (Å²) in [6, 6.07) is -0.241. The number of amides is 3. The Hall–Kier alpha value is -1.30. The molecule has 16 heavy (non-hydrogen) atoms. The van der Waals surface area contributed by atoms with Crippen LogP contribution in [0.5, 0.6) is 0 Å². The van der Waals surface area contributed by atoms with Gasteiger partial charge >= 0.3 is 6.03 Å². The maximum absolute atomic E-state index is 11.3. The summed E-state index contributed by atoms with van der Waals surface area (Å²) in [4.78, 5) is 24.2. The number of hydrogen-bond donors (Lipinski definition) is 2. The fourth-order valence-electron chi connectivity index (χ4n) is 1.61. The second-order valence-corrected chi connectivity index (χ2v) is 3.70. The van der Waals surface area contributed by atoms with Crippen molar-refractivity contribution in [2.45, 2.75) is 19.3 Å². The molecule has 0 spiro atoms. The molecular formula is C10H19N3O3. The average molecular weight is 229 g/mol. The van der Waals surface area contributed by atoms with E-state index < -0.39 is 0 Å². The Kier molecular flexibility index (Phi) is 5.63. The molecule has 0 saturated carbocycles. The van der Waals surface area contributed by atoms with E-state index in [9.17, 15) is 9.59 Å². The fraction of sp³-hybridized carbons (Fsp3) is 0.800. The molecule has 0 bridgehead atoms. The van der Waals surface area contributed by atoms with Crippen molar-refractivity contribution in [2.75, 3.05) is 33.5 Å². The van der Waals surface area contributed by atoms with E-state index in [2.05, 4.69) is 15.4 Å². The van der Waals surface area contributed by atoms with Gasteiger partial charge in [0.15, 0.2) is 0 Å². The molecule has 1 fully saturated rings. The van der Waals surface area contributed by atoms with Gasteiger partial charge in [0, 0.05) is 33.2 Å². The van der Waals surface area contributed by atoms with Crippen molar-refractivity contribution in [1.29, 1.82) is 0 Å². The summed E-state index contributed by atoms with van der Waals surface area (Å²) in [5.41, 5.74) is 0. The zero-order valence-electron chi connectivity index (χ0n) is 9.62. The molecule has 1 aliphatic rings. The number of hydrogen-bond acceptors (Lipinski definition) is 3. The highest BCUT2D eigenvalue weighted by Crippen LogP contribution is 2.09. The Labute approximate surface area is 95.3 Å². The van der Waals surface area contributed by atoms with Crippen molar-refractivity contribution < 1.29 is 14.3 Å². The standard InChI is InChI=1S/C10H19N3O3/c1-16-8-12-10(15)11-5-3-7-13-6-2-4-9(13)14/h2-8H2,1H3,(H2,11,12,15). The molecule has 0 aromatic rings. The van der Waals surface area contributed by atoms with E-state index in [0.717, 1.165) is 25.9 Å². The van der Waals surface area contributed by atoms with E-state index in [-0.39, 0.29) is 18.7 Å². The number of nitrogens with zero attached hydrogens (tertiary/aromatic N) is 1. The van der Waals surface area contributed by atoms with E-state index in [4.69, 9.17) is 0 Å². The smallest absolute Gasteiger partial charge is 0.316 e. The maximum atomic E-state index is 11.3. The zero-order chi connectivity index (χ0) is 11.8. The number of carbonyl (C=O) groups is 2. The van der Waals surface area contributed by atoms with Gasteiger partial charge in [-0.05, 0) is 12.8 Å². The lowest BCUT2D eigenvalue weighted by Gasteiger charge is -2.15. The first-order chi connectivity index (χ1) is 7.74. The quantitative estimate of drug-likeness (QED) is 0.493. The minimum Gasteiger partial charge on any atom is -0.364 e. The molecule has 0 aromatic heterocycles. The zero-order valence-corrected chi connectivity index (χ0v) is 9.62. The lowest BCUT2D eigenvalue weighted by Crippen LogP contribution is -2.38. The van der Waals surface area contributed by atoms with Crippen LogP contribution in [0.2, 0.25) is 0 Å². The second-order valence-electron chi connectivity index (χ2n) is 3.70. The topological polar surface area (TPSA) is 70.7 Å². The first kappa shape index (κ1) is 12.8. The monoisotopic (exact) mass is 229 g/mol. The van der Waals surface area contributed by atoms with Gasteiger partial charge in [-0.25, -0.2) is 4.79 Å². The first-order valence-electron chi connectivity index (χ1n) is 5.52. The van der Waals surface area contributed by atoms with Crippen LogP contribution >= 0.6 is 0 Å². The molecular weight excluding hydrogens is 210 g/mol. The molecule has 2 N–H and O–H groups in total. The Morgan fingerprint density at radius 3 is 2.94 bits per heavy atom. The number of urea groups is 1. The third-order valence-corrected chi connectivity index (χ3v) is 2.44. The predicted molar refractivity (Wildman–Crippen MR) is 58.8 cm³/mol. The number of likely N-dealkylation sites (tertiary alicyclic amines) is 1. The molecule has 3 amide bonds. The van der Waals surface area contributed by atoms with E-state index in [1.807, 2.05) is 4.90 Å². The number of ether oxygens (including phenoxy) is 1. The van der Waals surface area contributed by atoms with Crippen LogP contribution in [0.1, 0.15) is 19.3 Å². The molecule has 1 heterocycles. The number of nitrogens with one attached hydrogen (secondary N) is 2. The summed E-state index contributed by atoms with van der Waals surface area (Å²) in [6.45, 7) is 2.36. The highest BCUT2D eigenvalue weighted by Gasteiger charge is 2.18. The fourth-order valence-corrected chi connectivity index (χ4v) is 1.61. The lowest BCUT2D eigenvalue weighted by molar-refractivity contribution is -0.127. The minimum atomic E-state index is -0.241. The molecule has 6 heteroatoms. The lowest BCUT2D eigenvalue weighted by atomic mass is 10.4. The Morgan fingerprint density at radius 2 is 2.31 bits per heavy atom. The van der Waals surface area contributed by atoms with Gasteiger partial charge < -0.3 is 20.3 Å². The van der Waals surface area contributed by atoms with Gasteiger partial charge in [-0.3, -0.25) is 4.79 Å². The summed E-state index contributed by atoms with van der Waals surface area (Å²) >= 11 is 0. The average Bonchev–Trinajstić information content (AvgIpc) is 2.67. The Bertz CT molecular complexity index is 245. The van der Waals surface area contributed by atoms with Crippen molar-refractivity contribution in [3.63, 3.8) is 0 Å². The van der Waals surface area contributed by atoms with Crippen molar-refractivity contribution >= 4 is 11.9 Å². The van der Waals surface area contributed by atoms with E-state index in [0.29, 0.717) is 13.0 Å². The number of carbonyl (C=O) groups excluding carboxylic acids is 2. The molecule has 0 unspecified atom stereocenters. The van der Waals surface area contributed by atoms with Crippen LogP contribution in [0.3, 0.4) is 0 Å². The summed E-state index contributed by atoms with van der Waals surface area (Å²) in [7, 11) is 1.51. The number of methoxy groups -OCH3 is 1. The highest BCUT2D eigenvalue weighted by atomic mass is 16.5. The van der Waals surface area contributed by atoms with Gasteiger partial charge in [0.05, 0.1) is 0 Å². The minimum absolute atomic E-state index is 0.205. The summed E-state index contributed by atoms with van der Waals surface area (Å²) in [5, 5.41) is 5.20. The third kappa shape index (κ3) is 4.48. The molecule has 0 atom stereocenters. The van der Waals surface area contributed by atoms with E-state index in [1.165, 1.54) is 7.11 Å². The highest BCUT2D eigenvalue weighted by molar-refractivity contribution is 5.78. The van der Waals surface area contributed by atoms with Gasteiger partial charge in [0.1, 0.15) is 6.73 Å². The van der Waals surface area contributed by atoms with Crippen LogP contribution in [-0.4, -0.2) is 50.3 Å². The molecule has 0 aliphatic carbocycles. The second kappa shape index (κ2) is 7.05. The van der Waals surface area contributed by atoms with Crippen molar-refractivity contribution in [1.82, 2.24) is 15.5 Å². The largest absolute Gasteiger partial charge is 0.364 e. The van der Waals surface area contributed by atoms with Crippen LogP contribution in [0, 0.1) is 0 Å². The molecule has 1 aliphatic heterocycles. The molecule has 1 rings (SSSR count). The Balaban J connectivity index is 1.99. The van der Waals surface area contributed by atoms with Crippen LogP contribution in [0.25, 0.3) is 0 Å². The Morgan fingerprint density at radius 1 is 1.50 bits per heavy atom. The first-order valence-corrected chi connectivity index (χ1v) is 5.52. The predicted octanol–water partition coefficient (Wildman–Crippen LogP) is -0.0980. The van der Waals surface area contributed by atoms with Crippen LogP contribution in [0.4, 0.5) is 4.79 Å². The van der Waals surface area contributed by atoms with Gasteiger partial charge in [0.2, 0.25) is 5.91 Å². The third-order valence-electron chi connectivity index (χ3n) is 2.44. The normalized spacial score (nSPS) is 15.3. The maximum Gasteiger partial charge on any atom is 0.316 e. The van der Waals surface area contributed by atoms with Crippen LogP contribution < -0.4 is 10.6 Å². The molecule has 6 nitrogen and oxygen atoms in total. The molecule has 0 radical (unpaired) electrons. The van der Waals surface area contributed by atoms with Gasteiger partial charge in [-0.1, -0.05) is 0 Å². The molecule has 92 valence electrons.